The van der Waals surface area contributed by atoms with Gasteiger partial charge in [0, 0.05) is 16.9 Å². The van der Waals surface area contributed by atoms with Gasteiger partial charge in [0.25, 0.3) is 0 Å². The molecule has 1 aromatic carbocycles. The minimum Gasteiger partial charge on any atom is -0.497 e. The molecule has 2 aliphatic rings. The first-order chi connectivity index (χ1) is 11.5. The Hall–Kier alpha value is -1.96. The lowest BCUT2D eigenvalue weighted by Crippen LogP contribution is -2.20. The fourth-order valence-electron chi connectivity index (χ4n) is 4.63. The van der Waals surface area contributed by atoms with E-state index in [0.717, 1.165) is 36.4 Å². The third-order valence-corrected chi connectivity index (χ3v) is 5.96. The minimum absolute atomic E-state index is 0.281. The quantitative estimate of drug-likeness (QED) is 0.591. The van der Waals surface area contributed by atoms with E-state index >= 15 is 0 Å². The highest BCUT2D eigenvalue weighted by molar-refractivity contribution is 5.95. The van der Waals surface area contributed by atoms with Crippen molar-refractivity contribution in [3.63, 3.8) is 0 Å². The predicted molar refractivity (Wildman–Crippen MR) is 99.5 cm³/mol. The summed E-state index contributed by atoms with van der Waals surface area (Å²) < 4.78 is 11.8. The van der Waals surface area contributed by atoms with E-state index in [-0.39, 0.29) is 5.41 Å². The molecule has 1 aromatic heterocycles. The monoisotopic (exact) mass is 322 g/mol. The maximum atomic E-state index is 6.33. The van der Waals surface area contributed by atoms with Crippen LogP contribution in [0.5, 0.6) is 5.75 Å². The highest BCUT2D eigenvalue weighted by Gasteiger charge is 2.36. The SMILES string of the molecule is C=C[C@@H]1CCC2=C(CCCC2(C)C)c2c1oc1ccc(OC)cc21. The molecule has 0 unspecified atom stereocenters. The van der Waals surface area contributed by atoms with Crippen LogP contribution in [0.25, 0.3) is 16.5 Å². The Balaban J connectivity index is 2.05. The Labute approximate surface area is 144 Å². The molecule has 2 aromatic rings. The van der Waals surface area contributed by atoms with E-state index in [1.807, 2.05) is 12.1 Å². The molecule has 0 saturated carbocycles. The molecular formula is C22H26O2. The lowest BCUT2D eigenvalue weighted by Gasteiger charge is -2.35. The van der Waals surface area contributed by atoms with Crippen LogP contribution in [0.1, 0.15) is 63.2 Å². The molecular weight excluding hydrogens is 296 g/mol. The van der Waals surface area contributed by atoms with Crippen LogP contribution in [0.4, 0.5) is 0 Å². The summed E-state index contributed by atoms with van der Waals surface area (Å²) in [6.45, 7) is 8.88. The van der Waals surface area contributed by atoms with Crippen LogP contribution in [0.2, 0.25) is 0 Å². The van der Waals surface area contributed by atoms with Crippen LogP contribution in [-0.4, -0.2) is 7.11 Å². The number of fused-ring (bicyclic) bond motifs is 4. The molecule has 1 atom stereocenters. The van der Waals surface area contributed by atoms with Gasteiger partial charge in [-0.25, -0.2) is 0 Å². The zero-order chi connectivity index (χ0) is 16.9. The molecule has 1 heterocycles. The van der Waals surface area contributed by atoms with E-state index in [0.29, 0.717) is 5.92 Å². The fraction of sp³-hybridized carbons (Fsp3) is 0.455. The van der Waals surface area contributed by atoms with Gasteiger partial charge in [-0.05, 0) is 61.3 Å². The minimum atomic E-state index is 0.281. The van der Waals surface area contributed by atoms with Crippen molar-refractivity contribution in [2.45, 2.75) is 51.9 Å². The predicted octanol–water partition coefficient (Wildman–Crippen LogP) is 6.47. The Morgan fingerprint density at radius 1 is 1.29 bits per heavy atom. The molecule has 126 valence electrons. The summed E-state index contributed by atoms with van der Waals surface area (Å²) in [5.74, 6) is 2.29. The molecule has 0 N–H and O–H groups in total. The second-order valence-electron chi connectivity index (χ2n) is 7.78. The number of methoxy groups -OCH3 is 1. The average Bonchev–Trinajstić information content (AvgIpc) is 2.85. The molecule has 0 bridgehead atoms. The van der Waals surface area contributed by atoms with Gasteiger partial charge in [0.05, 0.1) is 7.11 Å². The van der Waals surface area contributed by atoms with E-state index in [2.05, 4.69) is 32.6 Å². The normalized spacial score (nSPS) is 22.7. The largest absolute Gasteiger partial charge is 0.497 e. The van der Waals surface area contributed by atoms with E-state index in [1.165, 1.54) is 29.4 Å². The molecule has 4 rings (SSSR count). The maximum Gasteiger partial charge on any atom is 0.135 e. The standard InChI is InChI=1S/C22H26O2/c1-5-14-8-10-18-16(7-6-12-22(18,2)3)20-17-13-15(23-4)9-11-19(17)24-21(14)20/h5,9,11,13-14H,1,6-8,10,12H2,2-4H3/t14-/m1/s1. The van der Waals surface area contributed by atoms with Gasteiger partial charge in [-0.1, -0.05) is 25.5 Å². The van der Waals surface area contributed by atoms with Crippen LogP contribution in [0, 0.1) is 5.41 Å². The Morgan fingerprint density at radius 2 is 2.12 bits per heavy atom. The molecule has 0 aliphatic heterocycles. The van der Waals surface area contributed by atoms with Gasteiger partial charge in [-0.2, -0.15) is 0 Å². The van der Waals surface area contributed by atoms with E-state index < -0.39 is 0 Å². The van der Waals surface area contributed by atoms with Gasteiger partial charge < -0.3 is 9.15 Å². The number of furan rings is 1. The van der Waals surface area contributed by atoms with Crippen molar-refractivity contribution in [1.82, 2.24) is 0 Å². The van der Waals surface area contributed by atoms with Gasteiger partial charge >= 0.3 is 0 Å². The first-order valence-electron chi connectivity index (χ1n) is 9.01. The number of ether oxygens (including phenoxy) is 1. The zero-order valence-electron chi connectivity index (χ0n) is 14.9. The number of hydrogen-bond donors (Lipinski definition) is 0. The third kappa shape index (κ3) is 2.23. The van der Waals surface area contributed by atoms with Crippen LogP contribution >= 0.6 is 0 Å². The number of hydrogen-bond acceptors (Lipinski definition) is 2. The summed E-state index contributed by atoms with van der Waals surface area (Å²) in [7, 11) is 1.72. The smallest absolute Gasteiger partial charge is 0.135 e. The van der Waals surface area contributed by atoms with Gasteiger partial charge in [-0.15, -0.1) is 6.58 Å². The van der Waals surface area contributed by atoms with Gasteiger partial charge in [0.15, 0.2) is 0 Å². The molecule has 2 aliphatic carbocycles. The maximum absolute atomic E-state index is 6.33. The average molecular weight is 322 g/mol. The number of allylic oxidation sites excluding steroid dienone is 3. The third-order valence-electron chi connectivity index (χ3n) is 5.96. The Bertz CT molecular complexity index is 835. The van der Waals surface area contributed by atoms with Gasteiger partial charge in [0.2, 0.25) is 0 Å². The first kappa shape index (κ1) is 15.6. The van der Waals surface area contributed by atoms with Gasteiger partial charge in [-0.3, -0.25) is 0 Å². The molecule has 0 saturated heterocycles. The lowest BCUT2D eigenvalue weighted by molar-refractivity contribution is 0.366. The summed E-state index contributed by atoms with van der Waals surface area (Å²) in [4.78, 5) is 0. The second kappa shape index (κ2) is 5.54. The van der Waals surface area contributed by atoms with E-state index in [4.69, 9.17) is 9.15 Å². The molecule has 2 heteroatoms. The summed E-state index contributed by atoms with van der Waals surface area (Å²) >= 11 is 0. The summed E-state index contributed by atoms with van der Waals surface area (Å²) in [5, 5.41) is 1.20. The van der Waals surface area contributed by atoms with E-state index in [9.17, 15) is 0 Å². The molecule has 0 spiro atoms. The Kier molecular flexibility index (Phi) is 3.59. The van der Waals surface area contributed by atoms with Crippen LogP contribution in [0.15, 0.2) is 40.8 Å². The molecule has 0 fully saturated rings. The Morgan fingerprint density at radius 3 is 2.88 bits per heavy atom. The number of benzene rings is 1. The van der Waals surface area contributed by atoms with Crippen LogP contribution < -0.4 is 4.74 Å². The topological polar surface area (TPSA) is 22.4 Å². The summed E-state index contributed by atoms with van der Waals surface area (Å²) in [5.41, 5.74) is 5.73. The highest BCUT2D eigenvalue weighted by Crippen LogP contribution is 2.52. The van der Waals surface area contributed by atoms with E-state index in [1.54, 1.807) is 12.7 Å². The number of rotatable bonds is 2. The fourth-order valence-corrected chi connectivity index (χ4v) is 4.63. The molecule has 0 amide bonds. The molecule has 2 nitrogen and oxygen atoms in total. The first-order valence-corrected chi connectivity index (χ1v) is 9.01. The van der Waals surface area contributed by atoms with Gasteiger partial charge in [0.1, 0.15) is 17.1 Å². The van der Waals surface area contributed by atoms with Crippen molar-refractivity contribution < 1.29 is 9.15 Å². The summed E-state index contributed by atoms with van der Waals surface area (Å²) in [6, 6.07) is 6.15. The van der Waals surface area contributed by atoms with Crippen LogP contribution in [0.3, 0.4) is 0 Å². The zero-order valence-corrected chi connectivity index (χ0v) is 14.9. The summed E-state index contributed by atoms with van der Waals surface area (Å²) in [6.07, 6.45) is 7.98. The second-order valence-corrected chi connectivity index (χ2v) is 7.78. The molecule has 24 heavy (non-hydrogen) atoms. The highest BCUT2D eigenvalue weighted by atomic mass is 16.5. The van der Waals surface area contributed by atoms with Crippen molar-refractivity contribution in [2.75, 3.05) is 7.11 Å². The molecule has 0 radical (unpaired) electrons. The van der Waals surface area contributed by atoms with Crippen LogP contribution in [-0.2, 0) is 0 Å². The van der Waals surface area contributed by atoms with Crippen molar-refractivity contribution in [3.8, 4) is 5.75 Å². The van der Waals surface area contributed by atoms with Crippen molar-refractivity contribution in [3.05, 3.63) is 47.8 Å². The van der Waals surface area contributed by atoms with Crippen molar-refractivity contribution in [2.24, 2.45) is 5.41 Å². The van der Waals surface area contributed by atoms with Crippen molar-refractivity contribution in [1.29, 1.82) is 0 Å². The lowest BCUT2D eigenvalue weighted by atomic mass is 9.70. The van der Waals surface area contributed by atoms with Crippen molar-refractivity contribution >= 4 is 16.5 Å².